The lowest BCUT2D eigenvalue weighted by Gasteiger charge is -2.59. The van der Waals surface area contributed by atoms with Crippen LogP contribution in [0.2, 0.25) is 0 Å². The van der Waals surface area contributed by atoms with Gasteiger partial charge in [0.05, 0.1) is 37.6 Å². The van der Waals surface area contributed by atoms with E-state index in [2.05, 4.69) is 189 Å². The number of hydrogen-bond acceptors (Lipinski definition) is 12. The second-order valence-electron chi connectivity index (χ2n) is 34.0. The summed E-state index contributed by atoms with van der Waals surface area (Å²) >= 11 is 0. The van der Waals surface area contributed by atoms with Gasteiger partial charge in [-0.15, -0.1) is 0 Å². The van der Waals surface area contributed by atoms with Crippen molar-refractivity contribution >= 4 is 0 Å². The Labute approximate surface area is 501 Å². The van der Waals surface area contributed by atoms with Crippen LogP contribution < -0.4 is 0 Å². The molecule has 1 atom stereocenters. The molecule has 494 valence electrons. The Kier molecular flexibility index (Phi) is 30.2. The van der Waals surface area contributed by atoms with Crippen LogP contribution in [-0.4, -0.2) is 256 Å². The number of aliphatic hydroxyl groups is 2. The summed E-state index contributed by atoms with van der Waals surface area (Å²) in [4.78, 5) is 17.4. The molecule has 12 nitrogen and oxygen atoms in total. The van der Waals surface area contributed by atoms with Gasteiger partial charge in [-0.25, -0.2) is 13.2 Å². The predicted octanol–water partition coefficient (Wildman–Crippen LogP) is 12.0. The van der Waals surface area contributed by atoms with E-state index in [0.717, 1.165) is 52.5 Å². The van der Waals surface area contributed by atoms with Gasteiger partial charge in [0.25, 0.3) is 0 Å². The fourth-order valence-electron chi connectivity index (χ4n) is 9.04. The lowest BCUT2D eigenvalue weighted by molar-refractivity contribution is -0.207. The van der Waals surface area contributed by atoms with Crippen LogP contribution in [0, 0.1) is 16.7 Å². The van der Waals surface area contributed by atoms with Crippen molar-refractivity contribution in [3.8, 4) is 0 Å². The van der Waals surface area contributed by atoms with Gasteiger partial charge in [0.15, 0.2) is 0 Å². The number of nitrogens with zero attached hydrogens (tertiary/aromatic N) is 8. The molecule has 0 radical (unpaired) electrons. The van der Waals surface area contributed by atoms with Gasteiger partial charge in [-0.3, -0.25) is 39.2 Å². The summed E-state index contributed by atoms with van der Waals surface area (Å²) in [5.41, 5.74) is 2.00. The van der Waals surface area contributed by atoms with Crippen LogP contribution in [0.5, 0.6) is 0 Å². The summed E-state index contributed by atoms with van der Waals surface area (Å²) < 4.78 is 82.2. The van der Waals surface area contributed by atoms with Gasteiger partial charge < -0.3 is 19.7 Å². The van der Waals surface area contributed by atoms with Gasteiger partial charge >= 0.3 is 6.18 Å². The average molecular weight is 1190 g/mol. The van der Waals surface area contributed by atoms with Crippen LogP contribution in [0.3, 0.4) is 0 Å². The molecule has 0 saturated carbocycles. The van der Waals surface area contributed by atoms with Crippen molar-refractivity contribution in [3.05, 3.63) is 0 Å². The first-order valence-corrected chi connectivity index (χ1v) is 30.5. The zero-order valence-corrected chi connectivity index (χ0v) is 58.8. The van der Waals surface area contributed by atoms with Crippen molar-refractivity contribution in [2.75, 3.05) is 126 Å². The van der Waals surface area contributed by atoms with Crippen LogP contribution in [-0.2, 0) is 9.47 Å². The number of ether oxygens (including phenoxy) is 2. The Hall–Kier alpha value is -0.900. The van der Waals surface area contributed by atoms with Crippen molar-refractivity contribution < 1.29 is 46.0 Å². The first kappa shape index (κ1) is 81.1. The van der Waals surface area contributed by atoms with Gasteiger partial charge in [-0.05, 0) is 200 Å². The fourth-order valence-corrected chi connectivity index (χ4v) is 9.04. The van der Waals surface area contributed by atoms with E-state index in [4.69, 9.17) is 14.6 Å². The molecule has 0 aromatic heterocycles. The molecular formula is C64H132F6N8O4. The van der Waals surface area contributed by atoms with Crippen molar-refractivity contribution in [2.45, 2.75) is 275 Å². The molecule has 18 heteroatoms. The summed E-state index contributed by atoms with van der Waals surface area (Å²) in [7, 11) is 5.19. The average Bonchev–Trinajstić information content (AvgIpc) is 3.10. The molecule has 0 amide bonds. The van der Waals surface area contributed by atoms with E-state index < -0.39 is 36.5 Å². The molecule has 1 unspecified atom stereocenters. The Balaban J connectivity index is 0.000000915. The van der Waals surface area contributed by atoms with E-state index in [-0.39, 0.29) is 34.2 Å². The molecule has 0 aromatic rings. The molecule has 7 aliphatic rings. The standard InChI is InChI=1S/C9H17NO.C9H19N.C8H15F2N.C8H18FN.2C8H17NO.C7H14F3N.C7H15NO/c1-8(2,3)10-4-9(5-10)6-11-7-9;1-8(2,3)10-6-9(4,5)7-10;1-8(2,3)11-4-6(5-11)7(9)10;1-7(9)6-10(5)8(2,3)4;1-8(2,3)9-5-7(6-9)10-4;1-7(2,3)9-5-8(4,10)6-9;1-6(2,3)11(4)5-7(8,9)10;1-7(2,3)8-4-6(9)5-8/h4-7H2,1-3H3;6-7H2,1-5H3;6-7H,4-5H2,1-3H3;7H,6H2,1-5H3;7H,5-6H2,1-4H3;10H,5-6H2,1-4H3;5H2,1-4H3;6,9H,4-5H2,1-3H3. The first-order chi connectivity index (χ1) is 36.1. The third-order valence-electron chi connectivity index (χ3n) is 16.4. The Morgan fingerprint density at radius 2 is 0.829 bits per heavy atom. The maximum atomic E-state index is 12.4. The van der Waals surface area contributed by atoms with E-state index in [1.165, 1.54) is 38.1 Å². The highest BCUT2D eigenvalue weighted by atomic mass is 19.4. The number of methoxy groups -OCH3 is 1. The second-order valence-corrected chi connectivity index (χ2v) is 34.0. The maximum Gasteiger partial charge on any atom is 0.401 e. The number of β-amino-alcohol motifs (C(OH)–C–C–N with tert-alkyl or cyclic N) is 2. The molecule has 0 aromatic carbocycles. The lowest BCUT2D eigenvalue weighted by Crippen LogP contribution is -2.69. The molecule has 82 heavy (non-hydrogen) atoms. The summed E-state index contributed by atoms with van der Waals surface area (Å²) in [5, 5.41) is 18.3. The Morgan fingerprint density at radius 3 is 1.00 bits per heavy atom. The van der Waals surface area contributed by atoms with Crippen LogP contribution >= 0.6 is 0 Å². The van der Waals surface area contributed by atoms with Gasteiger partial charge in [0.2, 0.25) is 6.43 Å². The topological polar surface area (TPSA) is 84.8 Å². The summed E-state index contributed by atoms with van der Waals surface area (Å²) in [6.07, 6.45) is -6.54. The van der Waals surface area contributed by atoms with Gasteiger partial charge in [-0.1, -0.05) is 13.8 Å². The molecule has 0 bridgehead atoms. The predicted molar refractivity (Wildman–Crippen MR) is 333 cm³/mol. The smallest absolute Gasteiger partial charge is 0.390 e. The highest BCUT2D eigenvalue weighted by Gasteiger charge is 2.51. The highest BCUT2D eigenvalue weighted by Crippen LogP contribution is 2.41. The van der Waals surface area contributed by atoms with Crippen molar-refractivity contribution in [1.29, 1.82) is 0 Å². The normalized spacial score (nSPS) is 22.6. The summed E-state index contributed by atoms with van der Waals surface area (Å²) in [6.45, 7) is 72.5. The zero-order valence-electron chi connectivity index (χ0n) is 58.8. The summed E-state index contributed by atoms with van der Waals surface area (Å²) in [5.74, 6) is -0.380. The van der Waals surface area contributed by atoms with Gasteiger partial charge in [0, 0.05) is 148 Å². The monoisotopic (exact) mass is 1190 g/mol. The molecule has 1 spiro atoms. The number of alkyl halides is 6. The van der Waals surface area contributed by atoms with E-state index in [1.807, 2.05) is 18.9 Å². The third kappa shape index (κ3) is 31.3. The van der Waals surface area contributed by atoms with Crippen molar-refractivity contribution in [1.82, 2.24) is 39.2 Å². The van der Waals surface area contributed by atoms with E-state index in [0.29, 0.717) is 53.2 Å². The molecule has 7 rings (SSSR count). The van der Waals surface area contributed by atoms with Gasteiger partial charge in [-0.2, -0.15) is 13.2 Å². The molecular weight excluding hydrogens is 1060 g/mol. The Bertz CT molecular complexity index is 1700. The third-order valence-corrected chi connectivity index (χ3v) is 16.4. The fraction of sp³-hybridized carbons (Fsp3) is 1.00. The van der Waals surface area contributed by atoms with Crippen molar-refractivity contribution in [2.24, 2.45) is 16.7 Å². The van der Waals surface area contributed by atoms with Gasteiger partial charge in [0.1, 0.15) is 6.17 Å². The van der Waals surface area contributed by atoms with E-state index in [1.54, 1.807) is 34.8 Å². The quantitative estimate of drug-likeness (QED) is 0.257. The number of aliphatic hydroxyl groups excluding tert-OH is 1. The minimum absolute atomic E-state index is 0.0609. The zero-order chi connectivity index (χ0) is 65.2. The van der Waals surface area contributed by atoms with Crippen molar-refractivity contribution in [3.63, 3.8) is 0 Å². The molecule has 7 aliphatic heterocycles. The minimum atomic E-state index is -4.10. The van der Waals surface area contributed by atoms with Crippen LogP contribution in [0.15, 0.2) is 0 Å². The highest BCUT2D eigenvalue weighted by molar-refractivity contribution is 5.03. The van der Waals surface area contributed by atoms with E-state index in [9.17, 15) is 31.4 Å². The largest absolute Gasteiger partial charge is 0.401 e. The van der Waals surface area contributed by atoms with Crippen LogP contribution in [0.25, 0.3) is 0 Å². The number of halogens is 6. The number of rotatable bonds is 5. The van der Waals surface area contributed by atoms with Crippen LogP contribution in [0.4, 0.5) is 26.3 Å². The SMILES string of the molecule is CC(C)(C)N1CC(C(F)F)C1.CC(C)(C)N1CC(O)C1.CC(C)(C)N1CC2(COC2)C1.CC(F)CN(C)C(C)(C)C.CC1(C)CN(C(C)(C)C)C1.CC1(O)CN(C(C)(C)C)C1.CN(CC(F)(F)F)C(C)(C)C.COC1CN(C(C)(C)C)C1. The maximum absolute atomic E-state index is 12.4. The summed E-state index contributed by atoms with van der Waals surface area (Å²) in [6, 6.07) is 0. The molecule has 7 heterocycles. The van der Waals surface area contributed by atoms with E-state index >= 15 is 0 Å². The minimum Gasteiger partial charge on any atom is -0.390 e. The second kappa shape index (κ2) is 30.5. The molecule has 2 N–H and O–H groups in total. The number of hydrogen-bond donors (Lipinski definition) is 2. The molecule has 7 fully saturated rings. The number of likely N-dealkylation sites (tertiary alicyclic amines) is 6. The molecule has 7 saturated heterocycles. The molecule has 0 aliphatic carbocycles. The Morgan fingerprint density at radius 1 is 0.512 bits per heavy atom. The van der Waals surface area contributed by atoms with Crippen LogP contribution in [0.1, 0.15) is 194 Å². The first-order valence-electron chi connectivity index (χ1n) is 30.5. The lowest BCUT2D eigenvalue weighted by atomic mass is 9.75.